The zero-order valence-corrected chi connectivity index (χ0v) is 9.76. The van der Waals surface area contributed by atoms with E-state index in [1.165, 1.54) is 20.7 Å². The van der Waals surface area contributed by atoms with Gasteiger partial charge in [0.25, 0.3) is 0 Å². The Morgan fingerprint density at radius 2 is 1.88 bits per heavy atom. The molecule has 0 radical (unpaired) electrons. The zero-order chi connectivity index (χ0) is 10.8. The molecular weight excluding hydrogens is 214 g/mol. The largest absolute Gasteiger partial charge is 0.360 e. The molecule has 1 nitrogen and oxygen atoms in total. The lowest BCUT2D eigenvalue weighted by molar-refractivity contribution is 0.981. The Balaban J connectivity index is 1.74. The van der Waals surface area contributed by atoms with Gasteiger partial charge in [0.05, 0.1) is 10.2 Å². The van der Waals surface area contributed by atoms with Gasteiger partial charge in [-0.2, -0.15) is 0 Å². The van der Waals surface area contributed by atoms with Crippen LogP contribution in [0, 0.1) is 0 Å². The SMILES string of the molecule is c1ccc(CCc2cc3[nH]ccc3s2)cc1. The summed E-state index contributed by atoms with van der Waals surface area (Å²) in [7, 11) is 0. The lowest BCUT2D eigenvalue weighted by atomic mass is 10.1. The molecular formula is C14H13NS. The van der Waals surface area contributed by atoms with Crippen molar-refractivity contribution in [1.82, 2.24) is 4.98 Å². The maximum atomic E-state index is 3.25. The third-order valence-electron chi connectivity index (χ3n) is 2.79. The number of thiophene rings is 1. The first-order chi connectivity index (χ1) is 7.92. The number of hydrogen-bond donors (Lipinski definition) is 1. The molecule has 0 bridgehead atoms. The molecule has 2 aromatic heterocycles. The van der Waals surface area contributed by atoms with Gasteiger partial charge in [0.15, 0.2) is 0 Å². The van der Waals surface area contributed by atoms with E-state index in [4.69, 9.17) is 0 Å². The Kier molecular flexibility index (Phi) is 2.50. The van der Waals surface area contributed by atoms with Crippen LogP contribution in [0.4, 0.5) is 0 Å². The van der Waals surface area contributed by atoms with Crippen LogP contribution in [0.1, 0.15) is 10.4 Å². The summed E-state index contributed by atoms with van der Waals surface area (Å²) >= 11 is 1.89. The van der Waals surface area contributed by atoms with Crippen LogP contribution in [-0.4, -0.2) is 4.98 Å². The van der Waals surface area contributed by atoms with Crippen LogP contribution in [0.3, 0.4) is 0 Å². The molecule has 3 rings (SSSR count). The molecule has 0 aliphatic heterocycles. The second kappa shape index (κ2) is 4.14. The number of fused-ring (bicyclic) bond motifs is 1. The molecule has 0 spiro atoms. The Morgan fingerprint density at radius 1 is 1.00 bits per heavy atom. The van der Waals surface area contributed by atoms with E-state index in [9.17, 15) is 0 Å². The number of hydrogen-bond acceptors (Lipinski definition) is 1. The molecule has 1 N–H and O–H groups in total. The van der Waals surface area contributed by atoms with Gasteiger partial charge in [0, 0.05) is 11.1 Å². The van der Waals surface area contributed by atoms with Crippen molar-refractivity contribution in [2.24, 2.45) is 0 Å². The summed E-state index contributed by atoms with van der Waals surface area (Å²) in [6.07, 6.45) is 4.27. The maximum Gasteiger partial charge on any atom is 0.0566 e. The number of rotatable bonds is 3. The molecule has 0 atom stereocenters. The van der Waals surface area contributed by atoms with Gasteiger partial charge >= 0.3 is 0 Å². The number of nitrogens with one attached hydrogen (secondary N) is 1. The van der Waals surface area contributed by atoms with Gasteiger partial charge in [0.1, 0.15) is 0 Å². The number of aryl methyl sites for hydroxylation is 2. The Morgan fingerprint density at radius 3 is 2.69 bits per heavy atom. The van der Waals surface area contributed by atoms with Crippen molar-refractivity contribution in [2.45, 2.75) is 12.8 Å². The van der Waals surface area contributed by atoms with Gasteiger partial charge in [-0.1, -0.05) is 30.3 Å². The van der Waals surface area contributed by atoms with Crippen LogP contribution in [0.15, 0.2) is 48.7 Å². The summed E-state index contributed by atoms with van der Waals surface area (Å²) in [6.45, 7) is 0. The van der Waals surface area contributed by atoms with E-state index in [1.54, 1.807) is 0 Å². The first-order valence-corrected chi connectivity index (χ1v) is 6.33. The van der Waals surface area contributed by atoms with E-state index in [0.29, 0.717) is 0 Å². The van der Waals surface area contributed by atoms with Crippen molar-refractivity contribution in [3.63, 3.8) is 0 Å². The lowest BCUT2D eigenvalue weighted by Gasteiger charge is -1.98. The maximum absolute atomic E-state index is 3.25. The molecule has 0 saturated carbocycles. The minimum Gasteiger partial charge on any atom is -0.360 e. The fourth-order valence-electron chi connectivity index (χ4n) is 1.94. The Labute approximate surface area is 98.7 Å². The number of H-pyrrole nitrogens is 1. The zero-order valence-electron chi connectivity index (χ0n) is 8.94. The third kappa shape index (κ3) is 1.89. The first-order valence-electron chi connectivity index (χ1n) is 5.51. The molecule has 80 valence electrons. The van der Waals surface area contributed by atoms with Crippen molar-refractivity contribution in [1.29, 1.82) is 0 Å². The van der Waals surface area contributed by atoms with E-state index in [1.807, 2.05) is 17.5 Å². The van der Waals surface area contributed by atoms with Crippen LogP contribution in [-0.2, 0) is 12.8 Å². The number of aromatic amines is 1. The van der Waals surface area contributed by atoms with Gasteiger partial charge in [0.2, 0.25) is 0 Å². The summed E-state index contributed by atoms with van der Waals surface area (Å²) in [5, 5.41) is 0. The molecule has 0 amide bonds. The predicted molar refractivity (Wildman–Crippen MR) is 70.0 cm³/mol. The van der Waals surface area contributed by atoms with Gasteiger partial charge in [-0.15, -0.1) is 11.3 Å². The van der Waals surface area contributed by atoms with Crippen molar-refractivity contribution < 1.29 is 0 Å². The van der Waals surface area contributed by atoms with Crippen molar-refractivity contribution in [2.75, 3.05) is 0 Å². The summed E-state index contributed by atoms with van der Waals surface area (Å²) in [6, 6.07) is 15.1. The fourth-order valence-corrected chi connectivity index (χ4v) is 2.96. The lowest BCUT2D eigenvalue weighted by Crippen LogP contribution is -1.87. The molecule has 0 aliphatic rings. The van der Waals surface area contributed by atoms with Crippen LogP contribution in [0.2, 0.25) is 0 Å². The van der Waals surface area contributed by atoms with Crippen LogP contribution in [0.5, 0.6) is 0 Å². The second-order valence-electron chi connectivity index (χ2n) is 3.95. The van der Waals surface area contributed by atoms with Crippen molar-refractivity contribution in [3.05, 3.63) is 59.1 Å². The average Bonchev–Trinajstić information content (AvgIpc) is 2.88. The highest BCUT2D eigenvalue weighted by Crippen LogP contribution is 2.25. The van der Waals surface area contributed by atoms with Crippen LogP contribution >= 0.6 is 11.3 Å². The van der Waals surface area contributed by atoms with E-state index in [2.05, 4.69) is 47.4 Å². The average molecular weight is 227 g/mol. The quantitative estimate of drug-likeness (QED) is 0.695. The predicted octanol–water partition coefficient (Wildman–Crippen LogP) is 4.01. The summed E-state index contributed by atoms with van der Waals surface area (Å²) in [4.78, 5) is 4.71. The molecule has 3 aromatic rings. The van der Waals surface area contributed by atoms with E-state index in [-0.39, 0.29) is 0 Å². The summed E-state index contributed by atoms with van der Waals surface area (Å²) in [5.74, 6) is 0. The van der Waals surface area contributed by atoms with Gasteiger partial charge in [-0.25, -0.2) is 0 Å². The molecule has 16 heavy (non-hydrogen) atoms. The Hall–Kier alpha value is -1.54. The number of aromatic nitrogens is 1. The molecule has 2 heteroatoms. The highest BCUT2D eigenvalue weighted by molar-refractivity contribution is 7.19. The highest BCUT2D eigenvalue weighted by Gasteiger charge is 2.02. The van der Waals surface area contributed by atoms with Crippen molar-refractivity contribution >= 4 is 21.6 Å². The van der Waals surface area contributed by atoms with E-state index in [0.717, 1.165) is 12.8 Å². The topological polar surface area (TPSA) is 15.8 Å². The monoisotopic (exact) mass is 227 g/mol. The molecule has 0 saturated heterocycles. The second-order valence-corrected chi connectivity index (χ2v) is 5.12. The first kappa shape index (κ1) is 9.67. The highest BCUT2D eigenvalue weighted by atomic mass is 32.1. The van der Waals surface area contributed by atoms with Crippen molar-refractivity contribution in [3.8, 4) is 0 Å². The van der Waals surface area contributed by atoms with Gasteiger partial charge < -0.3 is 4.98 Å². The minimum absolute atomic E-state index is 1.13. The van der Waals surface area contributed by atoms with Gasteiger partial charge in [-0.05, 0) is 30.5 Å². The van der Waals surface area contributed by atoms with Gasteiger partial charge in [-0.3, -0.25) is 0 Å². The molecule has 0 aliphatic carbocycles. The fraction of sp³-hybridized carbons (Fsp3) is 0.143. The smallest absolute Gasteiger partial charge is 0.0566 e. The Bertz CT molecular complexity index is 548. The van der Waals surface area contributed by atoms with Crippen LogP contribution < -0.4 is 0 Å². The summed E-state index contributed by atoms with van der Waals surface area (Å²) < 4.78 is 1.36. The molecule has 0 unspecified atom stereocenters. The standard InChI is InChI=1S/C14H13NS/c1-2-4-11(5-3-1)6-7-12-10-13-14(16-12)8-9-15-13/h1-5,8-10,15H,6-7H2. The summed E-state index contributed by atoms with van der Waals surface area (Å²) in [5.41, 5.74) is 2.69. The molecule has 0 fully saturated rings. The molecule has 2 heterocycles. The minimum atomic E-state index is 1.13. The third-order valence-corrected chi connectivity index (χ3v) is 3.95. The van der Waals surface area contributed by atoms with E-state index >= 15 is 0 Å². The number of benzene rings is 1. The normalized spacial score (nSPS) is 11.0. The van der Waals surface area contributed by atoms with E-state index < -0.39 is 0 Å². The van der Waals surface area contributed by atoms with Crippen LogP contribution in [0.25, 0.3) is 10.2 Å². The molecule has 1 aromatic carbocycles.